The highest BCUT2D eigenvalue weighted by Crippen LogP contribution is 2.29. The highest BCUT2D eigenvalue weighted by molar-refractivity contribution is 5.94. The molecular weight excluding hydrogens is 384 g/mol. The third-order valence-corrected chi connectivity index (χ3v) is 4.30. The second-order valence-corrected chi connectivity index (χ2v) is 7.86. The van der Waals surface area contributed by atoms with Crippen molar-refractivity contribution in [3.8, 4) is 11.5 Å². The van der Waals surface area contributed by atoms with Crippen LogP contribution in [0.15, 0.2) is 42.5 Å². The van der Waals surface area contributed by atoms with Gasteiger partial charge < -0.3 is 24.8 Å². The number of carbonyl (C=O) groups is 2. The first-order chi connectivity index (χ1) is 14.1. The molecule has 0 saturated carbocycles. The first-order valence-corrected chi connectivity index (χ1v) is 9.71. The van der Waals surface area contributed by atoms with Gasteiger partial charge in [-0.3, -0.25) is 4.79 Å². The van der Waals surface area contributed by atoms with Crippen molar-refractivity contribution in [1.29, 1.82) is 0 Å². The predicted molar refractivity (Wildman–Crippen MR) is 115 cm³/mol. The normalized spacial score (nSPS) is 11.9. The molecule has 162 valence electrons. The Bertz CT molecular complexity index is 872. The summed E-state index contributed by atoms with van der Waals surface area (Å²) in [5, 5.41) is 5.66. The summed E-state index contributed by atoms with van der Waals surface area (Å²) >= 11 is 0. The topological polar surface area (TPSA) is 85.9 Å². The molecule has 0 aromatic heterocycles. The van der Waals surface area contributed by atoms with Crippen LogP contribution in [0.4, 0.5) is 4.79 Å². The van der Waals surface area contributed by atoms with E-state index >= 15 is 0 Å². The van der Waals surface area contributed by atoms with Crippen molar-refractivity contribution in [2.45, 2.75) is 45.9 Å². The summed E-state index contributed by atoms with van der Waals surface area (Å²) in [6, 6.07) is 12.2. The molecule has 0 aliphatic carbocycles. The standard InChI is InChI=1S/C23H30N2O5/c1-15(19-13-18(28-5)11-12-20(19)29-6)25-21(26)17-9-7-16(8-10-17)14-24-22(27)30-23(2,3)4/h7-13,15H,14H2,1-6H3,(H,24,27)(H,25,26)/t15-/m0/s1. The van der Waals surface area contributed by atoms with Gasteiger partial charge in [-0.15, -0.1) is 0 Å². The summed E-state index contributed by atoms with van der Waals surface area (Å²) in [5.41, 5.74) is 1.65. The van der Waals surface area contributed by atoms with E-state index in [1.165, 1.54) is 0 Å². The second-order valence-electron chi connectivity index (χ2n) is 7.86. The maximum atomic E-state index is 12.6. The van der Waals surface area contributed by atoms with Crippen molar-refractivity contribution >= 4 is 12.0 Å². The molecule has 7 heteroatoms. The van der Waals surface area contributed by atoms with Gasteiger partial charge in [0.1, 0.15) is 17.1 Å². The maximum Gasteiger partial charge on any atom is 0.407 e. The van der Waals surface area contributed by atoms with Gasteiger partial charge in [0.05, 0.1) is 20.3 Å². The van der Waals surface area contributed by atoms with Crippen molar-refractivity contribution < 1.29 is 23.8 Å². The average molecular weight is 415 g/mol. The Morgan fingerprint density at radius 3 is 2.23 bits per heavy atom. The van der Waals surface area contributed by atoms with Gasteiger partial charge in [0.15, 0.2) is 0 Å². The fourth-order valence-electron chi connectivity index (χ4n) is 2.80. The third-order valence-electron chi connectivity index (χ3n) is 4.30. The number of carbonyl (C=O) groups excluding carboxylic acids is 2. The van der Waals surface area contributed by atoms with Gasteiger partial charge >= 0.3 is 6.09 Å². The number of rotatable bonds is 7. The molecule has 0 aliphatic rings. The molecule has 30 heavy (non-hydrogen) atoms. The molecule has 0 fully saturated rings. The summed E-state index contributed by atoms with van der Waals surface area (Å²) in [7, 11) is 3.18. The molecule has 1 atom stereocenters. The molecule has 0 saturated heterocycles. The molecule has 0 bridgehead atoms. The molecular formula is C23H30N2O5. The molecule has 7 nitrogen and oxygen atoms in total. The van der Waals surface area contributed by atoms with Crippen LogP contribution >= 0.6 is 0 Å². The third kappa shape index (κ3) is 6.69. The molecule has 2 aromatic rings. The molecule has 2 N–H and O–H groups in total. The lowest BCUT2D eigenvalue weighted by Gasteiger charge is -2.19. The number of hydrogen-bond donors (Lipinski definition) is 2. The Balaban J connectivity index is 1.99. The van der Waals surface area contributed by atoms with Crippen LogP contribution in [0, 0.1) is 0 Å². The Morgan fingerprint density at radius 2 is 1.67 bits per heavy atom. The minimum absolute atomic E-state index is 0.209. The van der Waals surface area contributed by atoms with Crippen molar-refractivity contribution in [2.24, 2.45) is 0 Å². The molecule has 0 radical (unpaired) electrons. The molecule has 0 aliphatic heterocycles. The average Bonchev–Trinajstić information content (AvgIpc) is 2.70. The number of benzene rings is 2. The van der Waals surface area contributed by atoms with E-state index in [9.17, 15) is 9.59 Å². The lowest BCUT2D eigenvalue weighted by Crippen LogP contribution is -2.32. The van der Waals surface area contributed by atoms with E-state index in [0.717, 1.165) is 11.1 Å². The van der Waals surface area contributed by atoms with Crippen LogP contribution in [0.5, 0.6) is 11.5 Å². The van der Waals surface area contributed by atoms with E-state index < -0.39 is 11.7 Å². The molecule has 2 rings (SSSR count). The van der Waals surface area contributed by atoms with Crippen LogP contribution in [0.1, 0.15) is 55.2 Å². The van der Waals surface area contributed by atoms with Crippen LogP contribution < -0.4 is 20.1 Å². The molecule has 0 heterocycles. The predicted octanol–water partition coefficient (Wildman–Crippen LogP) is 4.22. The number of amides is 2. The van der Waals surface area contributed by atoms with E-state index in [-0.39, 0.29) is 11.9 Å². The minimum atomic E-state index is -0.547. The summed E-state index contributed by atoms with van der Waals surface area (Å²) in [5.74, 6) is 1.15. The van der Waals surface area contributed by atoms with Gasteiger partial charge in [0.2, 0.25) is 0 Å². The first-order valence-electron chi connectivity index (χ1n) is 9.71. The van der Waals surface area contributed by atoms with E-state index in [4.69, 9.17) is 14.2 Å². The molecule has 0 unspecified atom stereocenters. The highest BCUT2D eigenvalue weighted by atomic mass is 16.6. The van der Waals surface area contributed by atoms with Crippen LogP contribution in [-0.2, 0) is 11.3 Å². The quantitative estimate of drug-likeness (QED) is 0.708. The number of nitrogens with one attached hydrogen (secondary N) is 2. The summed E-state index contributed by atoms with van der Waals surface area (Å²) in [4.78, 5) is 24.4. The zero-order chi connectivity index (χ0) is 22.3. The number of hydrogen-bond acceptors (Lipinski definition) is 5. The highest BCUT2D eigenvalue weighted by Gasteiger charge is 2.17. The van der Waals surface area contributed by atoms with E-state index in [0.29, 0.717) is 23.6 Å². The fraction of sp³-hybridized carbons (Fsp3) is 0.391. The van der Waals surface area contributed by atoms with E-state index in [2.05, 4.69) is 10.6 Å². The van der Waals surface area contributed by atoms with Crippen molar-refractivity contribution in [3.05, 3.63) is 59.2 Å². The summed E-state index contributed by atoms with van der Waals surface area (Å²) in [6.45, 7) is 7.62. The monoisotopic (exact) mass is 414 g/mol. The van der Waals surface area contributed by atoms with Crippen LogP contribution in [0.3, 0.4) is 0 Å². The van der Waals surface area contributed by atoms with Crippen molar-refractivity contribution in [1.82, 2.24) is 10.6 Å². The largest absolute Gasteiger partial charge is 0.497 e. The summed E-state index contributed by atoms with van der Waals surface area (Å²) < 4.78 is 15.9. The minimum Gasteiger partial charge on any atom is -0.497 e. The Labute approximate surface area is 177 Å². The van der Waals surface area contributed by atoms with E-state index in [1.807, 2.05) is 39.8 Å². The number of alkyl carbamates (subject to hydrolysis) is 1. The number of ether oxygens (including phenoxy) is 3. The summed E-state index contributed by atoms with van der Waals surface area (Å²) in [6.07, 6.45) is -0.481. The SMILES string of the molecule is COc1ccc(OC)c([C@H](C)NC(=O)c2ccc(CNC(=O)OC(C)(C)C)cc2)c1. The molecule has 2 aromatic carbocycles. The smallest absolute Gasteiger partial charge is 0.407 e. The van der Waals surface area contributed by atoms with Crippen LogP contribution in [-0.4, -0.2) is 31.8 Å². The Morgan fingerprint density at radius 1 is 1.00 bits per heavy atom. The van der Waals surface area contributed by atoms with Crippen molar-refractivity contribution in [2.75, 3.05) is 14.2 Å². The lowest BCUT2D eigenvalue weighted by molar-refractivity contribution is 0.0523. The first kappa shape index (κ1) is 23.1. The van der Waals surface area contributed by atoms with Gasteiger partial charge in [-0.1, -0.05) is 12.1 Å². The zero-order valence-corrected chi connectivity index (χ0v) is 18.4. The van der Waals surface area contributed by atoms with Gasteiger partial charge in [-0.25, -0.2) is 4.79 Å². The van der Waals surface area contributed by atoms with Crippen molar-refractivity contribution in [3.63, 3.8) is 0 Å². The maximum absolute atomic E-state index is 12.6. The molecule has 2 amide bonds. The zero-order valence-electron chi connectivity index (χ0n) is 18.4. The lowest BCUT2D eigenvalue weighted by atomic mass is 10.1. The fourth-order valence-corrected chi connectivity index (χ4v) is 2.80. The second kappa shape index (κ2) is 10.0. The Kier molecular flexibility index (Phi) is 7.69. The van der Waals surface area contributed by atoms with Gasteiger partial charge in [-0.2, -0.15) is 0 Å². The van der Waals surface area contributed by atoms with E-state index in [1.54, 1.807) is 44.6 Å². The van der Waals surface area contributed by atoms with Gasteiger partial charge in [0.25, 0.3) is 5.91 Å². The van der Waals surface area contributed by atoms with Crippen LogP contribution in [0.2, 0.25) is 0 Å². The van der Waals surface area contributed by atoms with Gasteiger partial charge in [0, 0.05) is 17.7 Å². The van der Waals surface area contributed by atoms with Crippen LogP contribution in [0.25, 0.3) is 0 Å². The van der Waals surface area contributed by atoms with Gasteiger partial charge in [-0.05, 0) is 63.6 Å². The molecule has 0 spiro atoms. The Hall–Kier alpha value is -3.22. The number of methoxy groups -OCH3 is 2.